The molecule has 0 aliphatic heterocycles. The van der Waals surface area contributed by atoms with Crippen LogP contribution >= 0.6 is 0 Å². The van der Waals surface area contributed by atoms with Crippen LogP contribution in [0.1, 0.15) is 18.1 Å². The summed E-state index contributed by atoms with van der Waals surface area (Å²) >= 11 is 0. The van der Waals surface area contributed by atoms with Gasteiger partial charge < -0.3 is 4.74 Å². The molecule has 1 aromatic heterocycles. The standard InChI is InChI=1S/C9H12N2O/c1-3-7-6-11-5-4-8(7)9(10)12-2/h4-6,10H,3H2,1-2H3. The van der Waals surface area contributed by atoms with Crippen molar-refractivity contribution in [1.29, 1.82) is 5.41 Å². The van der Waals surface area contributed by atoms with E-state index in [-0.39, 0.29) is 5.90 Å². The van der Waals surface area contributed by atoms with Crippen LogP contribution in [0.2, 0.25) is 0 Å². The zero-order valence-corrected chi connectivity index (χ0v) is 7.29. The molecule has 0 spiro atoms. The largest absolute Gasteiger partial charge is 0.481 e. The van der Waals surface area contributed by atoms with Crippen molar-refractivity contribution in [3.8, 4) is 0 Å². The van der Waals surface area contributed by atoms with Gasteiger partial charge in [-0.05, 0) is 18.1 Å². The van der Waals surface area contributed by atoms with Gasteiger partial charge in [0.2, 0.25) is 5.90 Å². The zero-order chi connectivity index (χ0) is 8.97. The molecule has 0 fully saturated rings. The van der Waals surface area contributed by atoms with Crippen LogP contribution in [0.5, 0.6) is 0 Å². The maximum Gasteiger partial charge on any atom is 0.213 e. The minimum Gasteiger partial charge on any atom is -0.481 e. The Hall–Kier alpha value is -1.38. The fraction of sp³-hybridized carbons (Fsp3) is 0.333. The van der Waals surface area contributed by atoms with Crippen LogP contribution in [0.15, 0.2) is 18.5 Å². The number of aryl methyl sites for hydroxylation is 1. The number of methoxy groups -OCH3 is 1. The lowest BCUT2D eigenvalue weighted by molar-refractivity contribution is 0.400. The van der Waals surface area contributed by atoms with Crippen molar-refractivity contribution in [2.75, 3.05) is 7.11 Å². The molecule has 1 heterocycles. The van der Waals surface area contributed by atoms with Crippen LogP contribution < -0.4 is 0 Å². The first-order valence-corrected chi connectivity index (χ1v) is 3.85. The van der Waals surface area contributed by atoms with Gasteiger partial charge in [-0.15, -0.1) is 0 Å². The van der Waals surface area contributed by atoms with E-state index in [1.807, 2.05) is 6.92 Å². The summed E-state index contributed by atoms with van der Waals surface area (Å²) in [7, 11) is 1.50. The van der Waals surface area contributed by atoms with E-state index in [2.05, 4.69) is 4.98 Å². The van der Waals surface area contributed by atoms with Crippen molar-refractivity contribution in [1.82, 2.24) is 4.98 Å². The van der Waals surface area contributed by atoms with Gasteiger partial charge in [-0.2, -0.15) is 0 Å². The molecule has 1 N–H and O–H groups in total. The predicted molar refractivity (Wildman–Crippen MR) is 47.5 cm³/mol. The highest BCUT2D eigenvalue weighted by atomic mass is 16.5. The van der Waals surface area contributed by atoms with E-state index >= 15 is 0 Å². The van der Waals surface area contributed by atoms with E-state index in [0.29, 0.717) is 0 Å². The Morgan fingerprint density at radius 3 is 3.00 bits per heavy atom. The van der Waals surface area contributed by atoms with Crippen molar-refractivity contribution in [2.24, 2.45) is 0 Å². The third-order valence-electron chi connectivity index (χ3n) is 1.73. The van der Waals surface area contributed by atoms with Crippen LogP contribution in [0.4, 0.5) is 0 Å². The molecule has 12 heavy (non-hydrogen) atoms. The molecule has 0 unspecified atom stereocenters. The Bertz CT molecular complexity index is 284. The lowest BCUT2D eigenvalue weighted by Crippen LogP contribution is -2.05. The minimum atomic E-state index is 0.203. The Labute approximate surface area is 71.9 Å². The second-order valence-corrected chi connectivity index (χ2v) is 2.42. The SMILES string of the molecule is CCc1cnccc1C(=N)OC. The van der Waals surface area contributed by atoms with Crippen LogP contribution in [0.3, 0.4) is 0 Å². The Morgan fingerprint density at radius 1 is 1.67 bits per heavy atom. The number of nitrogens with one attached hydrogen (secondary N) is 1. The summed E-state index contributed by atoms with van der Waals surface area (Å²) in [6.45, 7) is 2.03. The van der Waals surface area contributed by atoms with Crippen LogP contribution in [-0.4, -0.2) is 18.0 Å². The molecule has 0 bridgehead atoms. The van der Waals surface area contributed by atoms with Gasteiger partial charge in [0.05, 0.1) is 7.11 Å². The summed E-state index contributed by atoms with van der Waals surface area (Å²) in [4.78, 5) is 3.98. The van der Waals surface area contributed by atoms with Gasteiger partial charge in [-0.1, -0.05) is 6.92 Å². The fourth-order valence-corrected chi connectivity index (χ4v) is 1.04. The number of hydrogen-bond donors (Lipinski definition) is 1. The third kappa shape index (κ3) is 1.61. The van der Waals surface area contributed by atoms with E-state index in [1.54, 1.807) is 18.5 Å². The van der Waals surface area contributed by atoms with E-state index in [1.165, 1.54) is 7.11 Å². The first-order chi connectivity index (χ1) is 5.79. The van der Waals surface area contributed by atoms with Crippen molar-refractivity contribution in [3.63, 3.8) is 0 Å². The highest BCUT2D eigenvalue weighted by Gasteiger charge is 2.05. The average molecular weight is 164 g/mol. The van der Waals surface area contributed by atoms with Gasteiger partial charge >= 0.3 is 0 Å². The molecule has 3 nitrogen and oxygen atoms in total. The van der Waals surface area contributed by atoms with Crippen molar-refractivity contribution >= 4 is 5.90 Å². The fourth-order valence-electron chi connectivity index (χ4n) is 1.04. The smallest absolute Gasteiger partial charge is 0.213 e. The molecular weight excluding hydrogens is 152 g/mol. The maximum atomic E-state index is 7.47. The molecule has 3 heteroatoms. The van der Waals surface area contributed by atoms with Gasteiger partial charge in [0.1, 0.15) is 0 Å². The number of pyridine rings is 1. The maximum absolute atomic E-state index is 7.47. The van der Waals surface area contributed by atoms with E-state index in [4.69, 9.17) is 10.1 Å². The molecule has 0 saturated heterocycles. The van der Waals surface area contributed by atoms with Crippen molar-refractivity contribution < 1.29 is 4.74 Å². The lowest BCUT2D eigenvalue weighted by Gasteiger charge is -2.05. The molecule has 0 aliphatic rings. The molecule has 0 aromatic carbocycles. The second-order valence-electron chi connectivity index (χ2n) is 2.42. The Morgan fingerprint density at radius 2 is 2.42 bits per heavy atom. The molecule has 0 atom stereocenters. The first kappa shape index (κ1) is 8.71. The lowest BCUT2D eigenvalue weighted by atomic mass is 10.1. The quantitative estimate of drug-likeness (QED) is 0.533. The summed E-state index contributed by atoms with van der Waals surface area (Å²) in [6, 6.07) is 1.80. The number of ether oxygens (including phenoxy) is 1. The summed E-state index contributed by atoms with van der Waals surface area (Å²) < 4.78 is 4.83. The molecule has 0 amide bonds. The van der Waals surface area contributed by atoms with Crippen LogP contribution in [0, 0.1) is 5.41 Å². The van der Waals surface area contributed by atoms with Gasteiger partial charge in [-0.25, -0.2) is 0 Å². The van der Waals surface area contributed by atoms with Gasteiger partial charge in [0, 0.05) is 18.0 Å². The van der Waals surface area contributed by atoms with Crippen molar-refractivity contribution in [2.45, 2.75) is 13.3 Å². The molecule has 1 aromatic rings. The van der Waals surface area contributed by atoms with Gasteiger partial charge in [0.15, 0.2) is 0 Å². The number of hydrogen-bond acceptors (Lipinski definition) is 3. The van der Waals surface area contributed by atoms with Crippen molar-refractivity contribution in [3.05, 3.63) is 29.6 Å². The zero-order valence-electron chi connectivity index (χ0n) is 7.29. The van der Waals surface area contributed by atoms with Gasteiger partial charge in [0.25, 0.3) is 0 Å². The molecule has 64 valence electrons. The minimum absolute atomic E-state index is 0.203. The third-order valence-corrected chi connectivity index (χ3v) is 1.73. The average Bonchev–Trinajstić information content (AvgIpc) is 2.16. The molecule has 0 aliphatic carbocycles. The summed E-state index contributed by atoms with van der Waals surface area (Å²) in [5.74, 6) is 0.203. The highest BCUT2D eigenvalue weighted by Crippen LogP contribution is 2.08. The predicted octanol–water partition coefficient (Wildman–Crippen LogP) is 1.62. The molecule has 0 radical (unpaired) electrons. The van der Waals surface area contributed by atoms with Gasteiger partial charge in [-0.3, -0.25) is 10.4 Å². The Kier molecular flexibility index (Phi) is 2.80. The topological polar surface area (TPSA) is 46.0 Å². The first-order valence-electron chi connectivity index (χ1n) is 3.85. The summed E-state index contributed by atoms with van der Waals surface area (Å²) in [5, 5.41) is 7.47. The molecular formula is C9H12N2O. The summed E-state index contributed by atoms with van der Waals surface area (Å²) in [6.07, 6.45) is 4.31. The number of aromatic nitrogens is 1. The van der Waals surface area contributed by atoms with E-state index in [9.17, 15) is 0 Å². The number of rotatable bonds is 2. The number of nitrogens with zero attached hydrogens (tertiary/aromatic N) is 1. The molecule has 0 saturated carbocycles. The normalized spacial score (nSPS) is 9.50. The molecule has 1 rings (SSSR count). The second kappa shape index (κ2) is 3.85. The van der Waals surface area contributed by atoms with E-state index < -0.39 is 0 Å². The van der Waals surface area contributed by atoms with Crippen LogP contribution in [0.25, 0.3) is 0 Å². The monoisotopic (exact) mass is 164 g/mol. The highest BCUT2D eigenvalue weighted by molar-refractivity contribution is 5.92. The Balaban J connectivity index is 3.04. The van der Waals surface area contributed by atoms with Crippen LogP contribution in [-0.2, 0) is 11.2 Å². The van der Waals surface area contributed by atoms with E-state index in [0.717, 1.165) is 17.5 Å². The summed E-state index contributed by atoms with van der Waals surface area (Å²) in [5.41, 5.74) is 1.87.